The third-order valence-corrected chi connectivity index (χ3v) is 7.66. The number of amides is 2. The first kappa shape index (κ1) is 23.5. The van der Waals surface area contributed by atoms with Crippen LogP contribution in [0, 0.1) is 0 Å². The lowest BCUT2D eigenvalue weighted by atomic mass is 10.1. The Bertz CT molecular complexity index is 1360. The lowest BCUT2D eigenvalue weighted by molar-refractivity contribution is 0.0946. The molecule has 0 bridgehead atoms. The van der Waals surface area contributed by atoms with E-state index in [-0.39, 0.29) is 24.5 Å². The number of carbonyl (C=O) groups excluding carboxylic acids is 2. The highest BCUT2D eigenvalue weighted by molar-refractivity contribution is 7.23. The zero-order valence-electron chi connectivity index (χ0n) is 19.7. The Hall–Kier alpha value is -3.27. The van der Waals surface area contributed by atoms with Crippen molar-refractivity contribution in [2.24, 2.45) is 0 Å². The summed E-state index contributed by atoms with van der Waals surface area (Å²) in [4.78, 5) is 32.4. The lowest BCUT2D eigenvalue weighted by Gasteiger charge is -2.22. The fraction of sp³-hybridized carbons (Fsp3) is 0.346. The SMILES string of the molecule is CNC(=O)c1ccc(-c2cn3c(n2)sc2cc(C(=O)NCCCN4CCCC4CO)ccc23)cc1. The van der Waals surface area contributed by atoms with E-state index in [1.165, 1.54) is 0 Å². The summed E-state index contributed by atoms with van der Waals surface area (Å²) in [6, 6.07) is 13.4. The molecule has 2 amide bonds. The highest BCUT2D eigenvalue weighted by Gasteiger charge is 2.22. The van der Waals surface area contributed by atoms with Gasteiger partial charge in [0.05, 0.1) is 22.5 Å². The number of benzene rings is 2. The van der Waals surface area contributed by atoms with E-state index < -0.39 is 0 Å². The molecule has 9 heteroatoms. The van der Waals surface area contributed by atoms with Crippen molar-refractivity contribution in [1.29, 1.82) is 0 Å². The molecule has 8 nitrogen and oxygen atoms in total. The average molecular weight is 492 g/mol. The number of nitrogens with one attached hydrogen (secondary N) is 2. The molecule has 1 fully saturated rings. The van der Waals surface area contributed by atoms with Crippen LogP contribution in [0.15, 0.2) is 48.7 Å². The number of fused-ring (bicyclic) bond motifs is 3. The number of hydrogen-bond donors (Lipinski definition) is 3. The second-order valence-corrected chi connectivity index (χ2v) is 9.85. The maximum atomic E-state index is 12.7. The Morgan fingerprint density at radius 2 is 1.94 bits per heavy atom. The number of hydrogen-bond acceptors (Lipinski definition) is 6. The van der Waals surface area contributed by atoms with Gasteiger partial charge in [0.25, 0.3) is 11.8 Å². The first-order valence-corrected chi connectivity index (χ1v) is 12.8. The molecule has 1 unspecified atom stereocenters. The molecule has 5 rings (SSSR count). The largest absolute Gasteiger partial charge is 0.395 e. The fourth-order valence-electron chi connectivity index (χ4n) is 4.70. The van der Waals surface area contributed by atoms with Crippen molar-refractivity contribution >= 4 is 38.3 Å². The number of imidazole rings is 1. The summed E-state index contributed by atoms with van der Waals surface area (Å²) in [5, 5.41) is 15.1. The number of nitrogens with zero attached hydrogens (tertiary/aromatic N) is 3. The first-order chi connectivity index (χ1) is 17.1. The lowest BCUT2D eigenvalue weighted by Crippen LogP contribution is -2.35. The Balaban J connectivity index is 1.25. The summed E-state index contributed by atoms with van der Waals surface area (Å²) in [6.07, 6.45) is 5.04. The Kier molecular flexibility index (Phi) is 6.81. The Morgan fingerprint density at radius 1 is 1.14 bits per heavy atom. The molecule has 182 valence electrons. The van der Waals surface area contributed by atoms with Crippen LogP contribution >= 0.6 is 11.3 Å². The normalized spacial score (nSPS) is 16.2. The average Bonchev–Trinajstić information content (AvgIpc) is 3.60. The summed E-state index contributed by atoms with van der Waals surface area (Å²) in [5.41, 5.74) is 4.04. The quantitative estimate of drug-likeness (QED) is 0.329. The zero-order valence-corrected chi connectivity index (χ0v) is 20.5. The van der Waals surface area contributed by atoms with Gasteiger partial charge in [-0.05, 0) is 56.1 Å². The molecule has 35 heavy (non-hydrogen) atoms. The molecule has 3 heterocycles. The number of thiazole rings is 1. The van der Waals surface area contributed by atoms with Gasteiger partial charge in [-0.2, -0.15) is 0 Å². The maximum Gasteiger partial charge on any atom is 0.251 e. The van der Waals surface area contributed by atoms with E-state index in [0.717, 1.165) is 58.8 Å². The zero-order chi connectivity index (χ0) is 24.4. The molecule has 0 saturated carbocycles. The summed E-state index contributed by atoms with van der Waals surface area (Å²) in [7, 11) is 1.61. The minimum absolute atomic E-state index is 0.0741. The van der Waals surface area contributed by atoms with Gasteiger partial charge in [0, 0.05) is 49.1 Å². The van der Waals surface area contributed by atoms with E-state index in [1.807, 2.05) is 40.9 Å². The van der Waals surface area contributed by atoms with E-state index in [4.69, 9.17) is 4.98 Å². The first-order valence-electron chi connectivity index (χ1n) is 11.9. The van der Waals surface area contributed by atoms with E-state index in [2.05, 4.69) is 15.5 Å². The predicted octanol–water partition coefficient (Wildman–Crippen LogP) is 3.15. The van der Waals surface area contributed by atoms with Gasteiger partial charge in [0.2, 0.25) is 0 Å². The molecule has 1 aliphatic rings. The second kappa shape index (κ2) is 10.2. The summed E-state index contributed by atoms with van der Waals surface area (Å²) in [6.45, 7) is 2.74. The van der Waals surface area contributed by atoms with E-state index in [0.29, 0.717) is 17.7 Å². The van der Waals surface area contributed by atoms with Gasteiger partial charge in [0.15, 0.2) is 4.96 Å². The number of likely N-dealkylation sites (tertiary alicyclic amines) is 1. The van der Waals surface area contributed by atoms with Crippen molar-refractivity contribution < 1.29 is 14.7 Å². The monoisotopic (exact) mass is 491 g/mol. The Labute approximate surface area is 207 Å². The molecular formula is C26H29N5O3S. The number of aromatic nitrogens is 2. The van der Waals surface area contributed by atoms with Crippen molar-refractivity contribution in [2.45, 2.75) is 25.3 Å². The third-order valence-electron chi connectivity index (χ3n) is 6.64. The smallest absolute Gasteiger partial charge is 0.251 e. The molecule has 3 N–H and O–H groups in total. The Morgan fingerprint density at radius 3 is 2.71 bits per heavy atom. The van der Waals surface area contributed by atoms with Crippen molar-refractivity contribution in [3.63, 3.8) is 0 Å². The van der Waals surface area contributed by atoms with Crippen LogP contribution in [0.5, 0.6) is 0 Å². The van der Waals surface area contributed by atoms with Crippen molar-refractivity contribution in [3.8, 4) is 11.3 Å². The summed E-state index contributed by atoms with van der Waals surface area (Å²) >= 11 is 1.55. The van der Waals surface area contributed by atoms with Gasteiger partial charge >= 0.3 is 0 Å². The van der Waals surface area contributed by atoms with Gasteiger partial charge in [-0.3, -0.25) is 18.9 Å². The van der Waals surface area contributed by atoms with Crippen molar-refractivity contribution in [3.05, 3.63) is 59.8 Å². The standard InChI is InChI=1S/C26H29N5O3S/c1-27-24(33)18-7-5-17(6-8-18)21-15-31-22-10-9-19(14-23(22)35-26(31)29-21)25(34)28-11-3-13-30-12-2-4-20(30)16-32/h5-10,14-15,20,32H,2-4,11-13,16H2,1H3,(H,27,33)(H,28,34). The molecule has 1 saturated heterocycles. The molecule has 1 aliphatic heterocycles. The molecule has 2 aromatic carbocycles. The summed E-state index contributed by atoms with van der Waals surface area (Å²) < 4.78 is 3.04. The number of aliphatic hydroxyl groups excluding tert-OH is 1. The van der Waals surface area contributed by atoms with Crippen LogP contribution in [0.4, 0.5) is 0 Å². The van der Waals surface area contributed by atoms with Gasteiger partial charge in [-0.1, -0.05) is 23.5 Å². The van der Waals surface area contributed by atoms with E-state index >= 15 is 0 Å². The molecule has 0 radical (unpaired) electrons. The predicted molar refractivity (Wildman–Crippen MR) is 138 cm³/mol. The van der Waals surface area contributed by atoms with E-state index in [1.54, 1.807) is 30.5 Å². The van der Waals surface area contributed by atoms with Crippen molar-refractivity contribution in [1.82, 2.24) is 24.9 Å². The molecule has 1 atom stereocenters. The molecule has 2 aromatic heterocycles. The van der Waals surface area contributed by atoms with Crippen LogP contribution in [0.3, 0.4) is 0 Å². The number of rotatable bonds is 8. The van der Waals surface area contributed by atoms with Crippen LogP contribution in [-0.2, 0) is 0 Å². The third kappa shape index (κ3) is 4.80. The molecule has 0 aliphatic carbocycles. The van der Waals surface area contributed by atoms with Gasteiger partial charge in [0.1, 0.15) is 0 Å². The van der Waals surface area contributed by atoms with Gasteiger partial charge in [-0.15, -0.1) is 0 Å². The van der Waals surface area contributed by atoms with Crippen LogP contribution in [0.2, 0.25) is 0 Å². The summed E-state index contributed by atoms with van der Waals surface area (Å²) in [5.74, 6) is -0.190. The van der Waals surface area contributed by atoms with E-state index in [9.17, 15) is 14.7 Å². The second-order valence-electron chi connectivity index (χ2n) is 8.84. The van der Waals surface area contributed by atoms with Crippen LogP contribution in [0.1, 0.15) is 40.0 Å². The minimum Gasteiger partial charge on any atom is -0.395 e. The van der Waals surface area contributed by atoms with Crippen LogP contribution in [0.25, 0.3) is 26.4 Å². The van der Waals surface area contributed by atoms with Crippen LogP contribution < -0.4 is 10.6 Å². The fourth-order valence-corrected chi connectivity index (χ4v) is 5.75. The number of aliphatic hydroxyl groups is 1. The van der Waals surface area contributed by atoms with Crippen molar-refractivity contribution in [2.75, 3.05) is 33.3 Å². The highest BCUT2D eigenvalue weighted by Crippen LogP contribution is 2.30. The minimum atomic E-state index is -0.116. The molecular weight excluding hydrogens is 462 g/mol. The van der Waals surface area contributed by atoms with Gasteiger partial charge < -0.3 is 15.7 Å². The highest BCUT2D eigenvalue weighted by atomic mass is 32.1. The molecule has 0 spiro atoms. The number of carbonyl (C=O) groups is 2. The molecule has 4 aromatic rings. The van der Waals surface area contributed by atoms with Crippen LogP contribution in [-0.4, -0.2) is 70.5 Å². The topological polar surface area (TPSA) is 99.0 Å². The van der Waals surface area contributed by atoms with Gasteiger partial charge in [-0.25, -0.2) is 4.98 Å². The maximum absolute atomic E-state index is 12.7.